The third-order valence-corrected chi connectivity index (χ3v) is 7.43. The lowest BCUT2D eigenvalue weighted by Gasteiger charge is -2.11. The Morgan fingerprint density at radius 1 is 0.312 bits per heavy atom. The number of hydrogen-bond donors (Lipinski definition) is 0. The Kier molecular flexibility index (Phi) is 29.0. The zero-order valence-corrected chi connectivity index (χ0v) is 23.1. The molecule has 0 aromatic rings. The normalized spacial score (nSPS) is 12.5. The summed E-state index contributed by atoms with van der Waals surface area (Å²) in [5.74, 6) is 0.718. The zero-order chi connectivity index (χ0) is 23.4. The number of hydrogen-bond acceptors (Lipinski definition) is 0. The Morgan fingerprint density at radius 2 is 0.500 bits per heavy atom. The number of rotatable bonds is 28. The van der Waals surface area contributed by atoms with Crippen LogP contribution in [0.1, 0.15) is 194 Å². The first-order valence-electron chi connectivity index (χ1n) is 15.6. The van der Waals surface area contributed by atoms with Crippen LogP contribution in [0.25, 0.3) is 0 Å². The second-order valence-electron chi connectivity index (χ2n) is 10.9. The van der Waals surface area contributed by atoms with Gasteiger partial charge in [-0.05, 0) is 5.92 Å². The maximum Gasteiger partial charge on any atom is -0.0414 e. The van der Waals surface area contributed by atoms with Crippen molar-refractivity contribution in [3.05, 3.63) is 6.92 Å². The molecule has 0 aliphatic carbocycles. The summed E-state index contributed by atoms with van der Waals surface area (Å²) in [6.07, 6.45) is 40.6. The van der Waals surface area contributed by atoms with Crippen LogP contribution in [-0.4, -0.2) is 0 Å². The van der Waals surface area contributed by atoms with Crippen LogP contribution in [0, 0.1) is 12.8 Å². The van der Waals surface area contributed by atoms with Crippen LogP contribution in [0.15, 0.2) is 0 Å². The van der Waals surface area contributed by atoms with Gasteiger partial charge in [-0.1, -0.05) is 201 Å². The standard InChI is InChI=1S/C32H65/c1-4-6-8-10-12-14-16-18-19-21-23-25-27-29-31-32(3)30-28-26-24-22-20-17-15-13-11-9-7-5-2/h32H,3-31H2,1-2H3. The van der Waals surface area contributed by atoms with E-state index >= 15 is 0 Å². The van der Waals surface area contributed by atoms with Gasteiger partial charge in [0.2, 0.25) is 0 Å². The van der Waals surface area contributed by atoms with Crippen LogP contribution in [0.5, 0.6) is 0 Å². The molecule has 1 atom stereocenters. The summed E-state index contributed by atoms with van der Waals surface area (Å²) in [5.41, 5.74) is 0. The van der Waals surface area contributed by atoms with Crippen LogP contribution >= 0.6 is 0 Å². The molecule has 0 aromatic carbocycles. The second kappa shape index (κ2) is 29.0. The van der Waals surface area contributed by atoms with E-state index in [1.165, 1.54) is 180 Å². The molecule has 0 amide bonds. The fourth-order valence-electron chi connectivity index (χ4n) is 5.05. The van der Waals surface area contributed by atoms with Crippen molar-refractivity contribution in [1.82, 2.24) is 0 Å². The molecular formula is C32H65. The van der Waals surface area contributed by atoms with Crippen molar-refractivity contribution >= 4 is 0 Å². The highest BCUT2D eigenvalue weighted by Gasteiger charge is 2.02. The van der Waals surface area contributed by atoms with Crippen molar-refractivity contribution in [3.63, 3.8) is 0 Å². The largest absolute Gasteiger partial charge is 0.0654 e. The fraction of sp³-hybridized carbons (Fsp3) is 0.969. The van der Waals surface area contributed by atoms with E-state index in [4.69, 9.17) is 0 Å². The Morgan fingerprint density at radius 3 is 0.719 bits per heavy atom. The Labute approximate surface area is 206 Å². The monoisotopic (exact) mass is 450 g/mol. The van der Waals surface area contributed by atoms with E-state index in [0.717, 1.165) is 5.92 Å². The Bertz CT molecular complexity index is 307. The minimum Gasteiger partial charge on any atom is -0.0654 e. The van der Waals surface area contributed by atoms with Crippen molar-refractivity contribution < 1.29 is 0 Å². The lowest BCUT2D eigenvalue weighted by molar-refractivity contribution is 0.459. The molecule has 0 heteroatoms. The summed E-state index contributed by atoms with van der Waals surface area (Å²) in [6, 6.07) is 0. The molecule has 0 aromatic heterocycles. The summed E-state index contributed by atoms with van der Waals surface area (Å²) in [4.78, 5) is 0. The average molecular weight is 450 g/mol. The van der Waals surface area contributed by atoms with Gasteiger partial charge in [0.1, 0.15) is 0 Å². The van der Waals surface area contributed by atoms with Crippen molar-refractivity contribution in [3.8, 4) is 0 Å². The molecule has 0 nitrogen and oxygen atoms in total. The van der Waals surface area contributed by atoms with Gasteiger partial charge in [-0.25, -0.2) is 0 Å². The van der Waals surface area contributed by atoms with E-state index in [-0.39, 0.29) is 0 Å². The maximum absolute atomic E-state index is 4.43. The lowest BCUT2D eigenvalue weighted by Crippen LogP contribution is -1.95. The summed E-state index contributed by atoms with van der Waals surface area (Å²) < 4.78 is 0. The third kappa shape index (κ3) is 28.0. The first kappa shape index (κ1) is 32.0. The molecule has 0 saturated heterocycles. The lowest BCUT2D eigenvalue weighted by atomic mass is 9.95. The molecule has 0 bridgehead atoms. The predicted octanol–water partition coefficient (Wildman–Crippen LogP) is 12.4. The van der Waals surface area contributed by atoms with Crippen LogP contribution in [0.4, 0.5) is 0 Å². The van der Waals surface area contributed by atoms with Crippen LogP contribution < -0.4 is 0 Å². The zero-order valence-electron chi connectivity index (χ0n) is 23.1. The molecule has 0 spiro atoms. The molecular weight excluding hydrogens is 384 g/mol. The molecule has 0 N–H and O–H groups in total. The molecule has 32 heavy (non-hydrogen) atoms. The van der Waals surface area contributed by atoms with Gasteiger partial charge >= 0.3 is 0 Å². The van der Waals surface area contributed by atoms with E-state index in [1.807, 2.05) is 0 Å². The summed E-state index contributed by atoms with van der Waals surface area (Å²) in [5, 5.41) is 0. The Hall–Kier alpha value is 0. The van der Waals surface area contributed by atoms with Crippen molar-refractivity contribution in [2.45, 2.75) is 194 Å². The van der Waals surface area contributed by atoms with E-state index in [9.17, 15) is 0 Å². The fourth-order valence-corrected chi connectivity index (χ4v) is 5.05. The van der Waals surface area contributed by atoms with E-state index in [2.05, 4.69) is 20.8 Å². The number of unbranched alkanes of at least 4 members (excludes halogenated alkanes) is 24. The summed E-state index contributed by atoms with van der Waals surface area (Å²) in [6.45, 7) is 9.03. The molecule has 0 fully saturated rings. The molecule has 1 unspecified atom stereocenters. The summed E-state index contributed by atoms with van der Waals surface area (Å²) in [7, 11) is 0. The quantitative estimate of drug-likeness (QED) is 0.104. The molecule has 0 saturated carbocycles. The average Bonchev–Trinajstić information content (AvgIpc) is 2.80. The topological polar surface area (TPSA) is 0 Å². The van der Waals surface area contributed by atoms with E-state index < -0.39 is 0 Å². The summed E-state index contributed by atoms with van der Waals surface area (Å²) >= 11 is 0. The minimum atomic E-state index is 0.718. The Balaban J connectivity index is 3.13. The second-order valence-corrected chi connectivity index (χ2v) is 10.9. The van der Waals surface area contributed by atoms with Crippen molar-refractivity contribution in [2.24, 2.45) is 5.92 Å². The van der Waals surface area contributed by atoms with Gasteiger partial charge < -0.3 is 0 Å². The first-order valence-corrected chi connectivity index (χ1v) is 15.6. The predicted molar refractivity (Wildman–Crippen MR) is 149 cm³/mol. The van der Waals surface area contributed by atoms with Crippen LogP contribution in [-0.2, 0) is 0 Å². The van der Waals surface area contributed by atoms with E-state index in [0.29, 0.717) is 0 Å². The minimum absolute atomic E-state index is 0.718. The van der Waals surface area contributed by atoms with Crippen LogP contribution in [0.2, 0.25) is 0 Å². The van der Waals surface area contributed by atoms with Gasteiger partial charge in [0.05, 0.1) is 0 Å². The highest BCUT2D eigenvalue weighted by atomic mass is 14.1. The van der Waals surface area contributed by atoms with Gasteiger partial charge in [-0.3, -0.25) is 0 Å². The molecule has 1 radical (unpaired) electrons. The molecule has 0 aliphatic rings. The first-order chi connectivity index (χ1) is 15.8. The van der Waals surface area contributed by atoms with Crippen molar-refractivity contribution in [1.29, 1.82) is 0 Å². The third-order valence-electron chi connectivity index (χ3n) is 7.43. The van der Waals surface area contributed by atoms with Crippen molar-refractivity contribution in [2.75, 3.05) is 0 Å². The van der Waals surface area contributed by atoms with Gasteiger partial charge in [0, 0.05) is 0 Å². The van der Waals surface area contributed by atoms with E-state index in [1.54, 1.807) is 0 Å². The van der Waals surface area contributed by atoms with Gasteiger partial charge in [0.25, 0.3) is 0 Å². The highest BCUT2D eigenvalue weighted by Crippen LogP contribution is 2.19. The van der Waals surface area contributed by atoms with Gasteiger partial charge in [-0.15, -0.1) is 0 Å². The SMILES string of the molecule is [CH2]C(CCCCCCCCCCCCCC)CCCCCCCCCCCCCCCC. The molecule has 0 rings (SSSR count). The molecule has 0 heterocycles. The van der Waals surface area contributed by atoms with Crippen LogP contribution in [0.3, 0.4) is 0 Å². The molecule has 193 valence electrons. The van der Waals surface area contributed by atoms with Gasteiger partial charge in [-0.2, -0.15) is 0 Å². The maximum atomic E-state index is 4.43. The highest BCUT2D eigenvalue weighted by molar-refractivity contribution is 4.62. The smallest absolute Gasteiger partial charge is 0.0414 e. The molecule has 0 aliphatic heterocycles. The van der Waals surface area contributed by atoms with Gasteiger partial charge in [0.15, 0.2) is 0 Å².